The Morgan fingerprint density at radius 3 is 2.40 bits per heavy atom. The van der Waals surface area contributed by atoms with E-state index in [1.54, 1.807) is 44.2 Å². The Kier molecular flexibility index (Phi) is 8.69. The van der Waals surface area contributed by atoms with E-state index in [-0.39, 0.29) is 11.9 Å². The van der Waals surface area contributed by atoms with Gasteiger partial charge in [-0.2, -0.15) is 0 Å². The first-order valence-electron chi connectivity index (χ1n) is 12.2. The Bertz CT molecular complexity index is 1090. The summed E-state index contributed by atoms with van der Waals surface area (Å²) in [5.74, 6) is 3.46. The number of nitrogens with zero attached hydrogens (tertiary/aromatic N) is 3. The summed E-state index contributed by atoms with van der Waals surface area (Å²) in [6, 6.07) is 14.9. The summed E-state index contributed by atoms with van der Waals surface area (Å²) in [4.78, 5) is 13.3. The fourth-order valence-corrected chi connectivity index (χ4v) is 5.64. The van der Waals surface area contributed by atoms with Crippen LogP contribution in [0.2, 0.25) is 0 Å². The molecule has 1 atom stereocenters. The lowest BCUT2D eigenvalue weighted by Crippen LogP contribution is -2.32. The molecule has 1 heterocycles. The van der Waals surface area contributed by atoms with Gasteiger partial charge >= 0.3 is 0 Å². The molecule has 1 aliphatic carbocycles. The highest BCUT2D eigenvalue weighted by atomic mass is 32.2. The molecule has 0 aliphatic heterocycles. The molecule has 1 amide bonds. The summed E-state index contributed by atoms with van der Waals surface area (Å²) >= 11 is 1.77. The number of carbonyl (C=O) groups excluding carboxylic acids is 1. The van der Waals surface area contributed by atoms with Crippen molar-refractivity contribution in [3.8, 4) is 11.5 Å². The molecule has 4 rings (SSSR count). The van der Waals surface area contributed by atoms with E-state index in [9.17, 15) is 4.79 Å². The van der Waals surface area contributed by atoms with Crippen molar-refractivity contribution in [1.82, 2.24) is 20.1 Å². The van der Waals surface area contributed by atoms with Crippen LogP contribution < -0.4 is 14.8 Å². The van der Waals surface area contributed by atoms with Gasteiger partial charge in [-0.15, -0.1) is 10.2 Å². The topological polar surface area (TPSA) is 78.3 Å². The van der Waals surface area contributed by atoms with Crippen molar-refractivity contribution in [1.29, 1.82) is 0 Å². The van der Waals surface area contributed by atoms with Crippen LogP contribution >= 0.6 is 11.8 Å². The van der Waals surface area contributed by atoms with E-state index in [4.69, 9.17) is 9.47 Å². The molecule has 186 valence electrons. The molecule has 0 unspecified atom stereocenters. The van der Waals surface area contributed by atoms with Crippen molar-refractivity contribution in [2.45, 2.75) is 49.7 Å². The third-order valence-electron chi connectivity index (χ3n) is 6.55. The quantitative estimate of drug-likeness (QED) is 0.390. The average molecular weight is 495 g/mol. The minimum absolute atomic E-state index is 0.220. The monoisotopic (exact) mass is 494 g/mol. The van der Waals surface area contributed by atoms with E-state index in [0.29, 0.717) is 23.5 Å². The van der Waals surface area contributed by atoms with Crippen LogP contribution in [0.1, 0.15) is 59.9 Å². The standard InChI is InChI=1S/C27H34N4O3S/c1-31-25(29-30-27(31)35-18-20-12-8-5-9-13-20)24(14-19-10-6-4-7-11-19)28-26(32)21-15-22(33-2)17-23(16-21)34-3/h4,6-7,10-11,15-17,20,24H,5,8-9,12-14,18H2,1-3H3,(H,28,32)/t24-/m0/s1. The van der Waals surface area contributed by atoms with Crippen molar-refractivity contribution in [2.75, 3.05) is 20.0 Å². The Balaban J connectivity index is 1.55. The van der Waals surface area contributed by atoms with E-state index in [1.807, 2.05) is 29.8 Å². The van der Waals surface area contributed by atoms with Crippen molar-refractivity contribution >= 4 is 17.7 Å². The van der Waals surface area contributed by atoms with Crippen LogP contribution in [0.25, 0.3) is 0 Å². The number of methoxy groups -OCH3 is 2. The lowest BCUT2D eigenvalue weighted by molar-refractivity contribution is 0.0933. The Labute approximate surface area is 211 Å². The minimum Gasteiger partial charge on any atom is -0.497 e. The number of hydrogen-bond donors (Lipinski definition) is 1. The second kappa shape index (κ2) is 12.1. The van der Waals surface area contributed by atoms with Crippen molar-refractivity contribution in [2.24, 2.45) is 13.0 Å². The van der Waals surface area contributed by atoms with Gasteiger partial charge in [-0.25, -0.2) is 0 Å². The van der Waals surface area contributed by atoms with E-state index in [2.05, 4.69) is 27.6 Å². The highest BCUT2D eigenvalue weighted by molar-refractivity contribution is 7.99. The number of hydrogen-bond acceptors (Lipinski definition) is 6. The fraction of sp³-hybridized carbons (Fsp3) is 0.444. The Morgan fingerprint density at radius 1 is 1.06 bits per heavy atom. The first-order chi connectivity index (χ1) is 17.1. The van der Waals surface area contributed by atoms with Crippen LogP contribution in [0, 0.1) is 5.92 Å². The van der Waals surface area contributed by atoms with Gasteiger partial charge in [0, 0.05) is 24.4 Å². The smallest absolute Gasteiger partial charge is 0.252 e. The highest BCUT2D eigenvalue weighted by Crippen LogP contribution is 2.30. The number of ether oxygens (including phenoxy) is 2. The van der Waals surface area contributed by atoms with Gasteiger partial charge in [0.05, 0.1) is 20.3 Å². The molecule has 1 N–H and O–H groups in total. The number of amides is 1. The molecule has 1 aliphatic rings. The maximum atomic E-state index is 13.3. The van der Waals surface area contributed by atoms with Gasteiger partial charge in [0.2, 0.25) is 0 Å². The maximum Gasteiger partial charge on any atom is 0.252 e. The van der Waals surface area contributed by atoms with E-state index >= 15 is 0 Å². The third-order valence-corrected chi connectivity index (χ3v) is 7.81. The predicted octanol–water partition coefficient (Wildman–Crippen LogP) is 5.22. The lowest BCUT2D eigenvalue weighted by Gasteiger charge is -2.21. The molecule has 1 fully saturated rings. The highest BCUT2D eigenvalue weighted by Gasteiger charge is 2.24. The molecular formula is C27H34N4O3S. The summed E-state index contributed by atoms with van der Waals surface area (Å²) in [7, 11) is 5.12. The number of nitrogens with one attached hydrogen (secondary N) is 1. The normalized spacial score (nSPS) is 14.9. The van der Waals surface area contributed by atoms with Crippen LogP contribution in [0.3, 0.4) is 0 Å². The number of thioether (sulfide) groups is 1. The van der Waals surface area contributed by atoms with Gasteiger partial charge in [-0.3, -0.25) is 4.79 Å². The zero-order chi connectivity index (χ0) is 24.6. The van der Waals surface area contributed by atoms with Crippen LogP contribution in [0.5, 0.6) is 11.5 Å². The van der Waals surface area contributed by atoms with Gasteiger partial charge in [0.15, 0.2) is 11.0 Å². The molecule has 0 saturated heterocycles. The third kappa shape index (κ3) is 6.57. The summed E-state index contributed by atoms with van der Waals surface area (Å²) in [6.07, 6.45) is 7.22. The number of benzene rings is 2. The average Bonchev–Trinajstić information content (AvgIpc) is 3.27. The van der Waals surface area contributed by atoms with Crippen molar-refractivity contribution in [3.05, 3.63) is 65.5 Å². The molecule has 3 aromatic rings. The number of rotatable bonds is 10. The number of aromatic nitrogens is 3. The second-order valence-electron chi connectivity index (χ2n) is 9.03. The van der Waals surface area contributed by atoms with E-state index < -0.39 is 0 Å². The maximum absolute atomic E-state index is 13.3. The fourth-order valence-electron chi connectivity index (χ4n) is 4.54. The summed E-state index contributed by atoms with van der Waals surface area (Å²) in [6.45, 7) is 0. The van der Waals surface area contributed by atoms with E-state index in [1.165, 1.54) is 32.1 Å². The largest absolute Gasteiger partial charge is 0.497 e. The molecule has 0 bridgehead atoms. The lowest BCUT2D eigenvalue weighted by atomic mass is 9.91. The van der Waals surface area contributed by atoms with E-state index in [0.717, 1.165) is 28.2 Å². The van der Waals surface area contributed by atoms with Crippen molar-refractivity contribution in [3.63, 3.8) is 0 Å². The molecule has 1 saturated carbocycles. The zero-order valence-corrected chi connectivity index (χ0v) is 21.5. The number of carbonyl (C=O) groups is 1. The predicted molar refractivity (Wildman–Crippen MR) is 138 cm³/mol. The minimum atomic E-state index is -0.344. The van der Waals surface area contributed by atoms with Crippen LogP contribution in [0.4, 0.5) is 0 Å². The molecular weight excluding hydrogens is 460 g/mol. The van der Waals surface area contributed by atoms with Crippen LogP contribution in [-0.4, -0.2) is 40.6 Å². The zero-order valence-electron chi connectivity index (χ0n) is 20.7. The van der Waals surface area contributed by atoms with Crippen LogP contribution in [-0.2, 0) is 13.5 Å². The first-order valence-corrected chi connectivity index (χ1v) is 13.2. The van der Waals surface area contributed by atoms with Crippen LogP contribution in [0.15, 0.2) is 53.7 Å². The van der Waals surface area contributed by atoms with Gasteiger partial charge in [0.1, 0.15) is 11.5 Å². The molecule has 0 spiro atoms. The van der Waals surface area contributed by atoms with Crippen molar-refractivity contribution < 1.29 is 14.3 Å². The molecule has 35 heavy (non-hydrogen) atoms. The first kappa shape index (κ1) is 25.1. The molecule has 8 heteroatoms. The van der Waals surface area contributed by atoms with Gasteiger partial charge < -0.3 is 19.4 Å². The molecule has 1 aromatic heterocycles. The summed E-state index contributed by atoms with van der Waals surface area (Å²) in [5.41, 5.74) is 1.58. The molecule has 2 aromatic carbocycles. The molecule has 7 nitrogen and oxygen atoms in total. The second-order valence-corrected chi connectivity index (χ2v) is 10.0. The summed E-state index contributed by atoms with van der Waals surface area (Å²) < 4.78 is 12.7. The van der Waals surface area contributed by atoms with Gasteiger partial charge in [-0.1, -0.05) is 61.4 Å². The Hall–Kier alpha value is -3.00. The summed E-state index contributed by atoms with van der Waals surface area (Å²) in [5, 5.41) is 13.1. The Morgan fingerprint density at radius 2 is 1.74 bits per heavy atom. The SMILES string of the molecule is COc1cc(OC)cc(C(=O)N[C@@H](Cc2ccccc2)c2nnc(SCC3CCCCC3)n2C)c1. The van der Waals surface area contributed by atoms with Gasteiger partial charge in [-0.05, 0) is 42.9 Å². The molecule has 0 radical (unpaired) electrons. The van der Waals surface area contributed by atoms with Gasteiger partial charge in [0.25, 0.3) is 5.91 Å².